The molecule has 1 atom stereocenters. The first kappa shape index (κ1) is 12.6. The first-order valence-corrected chi connectivity index (χ1v) is 6.69. The monoisotopic (exact) mass is 242 g/mol. The van der Waals surface area contributed by atoms with Gasteiger partial charge >= 0.3 is 0 Å². The third-order valence-electron chi connectivity index (χ3n) is 2.15. The first-order valence-electron chi connectivity index (χ1n) is 4.74. The van der Waals surface area contributed by atoms with E-state index >= 15 is 0 Å². The zero-order valence-electron chi connectivity index (χ0n) is 9.39. The Morgan fingerprint density at radius 3 is 2.56 bits per heavy atom. The minimum absolute atomic E-state index is 0.362. The Labute approximate surface area is 94.8 Å². The van der Waals surface area contributed by atoms with Gasteiger partial charge in [0.25, 0.3) is 0 Å². The maximum absolute atomic E-state index is 11.5. The number of amides is 1. The minimum Gasteiger partial charge on any atom is -0.310 e. The molecule has 0 bridgehead atoms. The van der Waals surface area contributed by atoms with Crippen LogP contribution < -0.4 is 5.32 Å². The molecule has 1 amide bonds. The standard InChI is InChI=1S/C10H14N2O3S/c1-7-5-4-6-9(11-7)12-10(13)8(2)16(3,14)15/h4-6,8H,1-3H3,(H,11,12,13)/t8-/m1/s1. The Hall–Kier alpha value is -1.43. The van der Waals surface area contributed by atoms with Gasteiger partial charge < -0.3 is 5.32 Å². The molecule has 6 heteroatoms. The third-order valence-corrected chi connectivity index (χ3v) is 3.65. The number of hydrogen-bond acceptors (Lipinski definition) is 4. The lowest BCUT2D eigenvalue weighted by molar-refractivity contribution is -0.115. The molecule has 5 nitrogen and oxygen atoms in total. The summed E-state index contributed by atoms with van der Waals surface area (Å²) < 4.78 is 22.3. The van der Waals surface area contributed by atoms with E-state index in [-0.39, 0.29) is 0 Å². The number of hydrogen-bond donors (Lipinski definition) is 1. The molecule has 0 saturated carbocycles. The van der Waals surface area contributed by atoms with Crippen LogP contribution in [0.1, 0.15) is 12.6 Å². The van der Waals surface area contributed by atoms with Crippen molar-refractivity contribution in [1.29, 1.82) is 0 Å². The largest absolute Gasteiger partial charge is 0.310 e. The number of carbonyl (C=O) groups excluding carboxylic acids is 1. The minimum atomic E-state index is -3.37. The maximum Gasteiger partial charge on any atom is 0.243 e. The van der Waals surface area contributed by atoms with Crippen molar-refractivity contribution >= 4 is 21.6 Å². The number of anilines is 1. The van der Waals surface area contributed by atoms with Crippen LogP contribution in [0.5, 0.6) is 0 Å². The molecular formula is C10H14N2O3S. The van der Waals surface area contributed by atoms with Gasteiger partial charge in [-0.3, -0.25) is 4.79 Å². The van der Waals surface area contributed by atoms with E-state index in [9.17, 15) is 13.2 Å². The molecule has 0 unspecified atom stereocenters. The van der Waals surface area contributed by atoms with Crippen molar-refractivity contribution in [2.24, 2.45) is 0 Å². The highest BCUT2D eigenvalue weighted by atomic mass is 32.2. The smallest absolute Gasteiger partial charge is 0.243 e. The van der Waals surface area contributed by atoms with Crippen LogP contribution in [0.3, 0.4) is 0 Å². The molecule has 0 spiro atoms. The van der Waals surface area contributed by atoms with E-state index in [1.54, 1.807) is 25.1 Å². The zero-order valence-corrected chi connectivity index (χ0v) is 10.2. The van der Waals surface area contributed by atoms with Gasteiger partial charge in [0.1, 0.15) is 11.1 Å². The highest BCUT2D eigenvalue weighted by Gasteiger charge is 2.23. The molecule has 1 rings (SSSR count). The van der Waals surface area contributed by atoms with E-state index in [1.165, 1.54) is 6.92 Å². The average Bonchev–Trinajstić information content (AvgIpc) is 2.15. The summed E-state index contributed by atoms with van der Waals surface area (Å²) in [6.45, 7) is 3.14. The SMILES string of the molecule is Cc1cccc(NC(=O)[C@@H](C)S(C)(=O)=O)n1. The second kappa shape index (κ2) is 4.61. The van der Waals surface area contributed by atoms with E-state index in [4.69, 9.17) is 0 Å². The highest BCUT2D eigenvalue weighted by Crippen LogP contribution is 2.06. The molecule has 0 aliphatic heterocycles. The number of nitrogens with one attached hydrogen (secondary N) is 1. The summed E-state index contributed by atoms with van der Waals surface area (Å²) in [5.41, 5.74) is 0.754. The van der Waals surface area contributed by atoms with Gasteiger partial charge in [-0.25, -0.2) is 13.4 Å². The van der Waals surface area contributed by atoms with Crippen LogP contribution in [0.2, 0.25) is 0 Å². The van der Waals surface area contributed by atoms with E-state index in [1.807, 2.05) is 0 Å². The quantitative estimate of drug-likeness (QED) is 0.849. The average molecular weight is 242 g/mol. The molecule has 1 heterocycles. The summed E-state index contributed by atoms with van der Waals surface area (Å²) in [6.07, 6.45) is 1.03. The first-order chi connectivity index (χ1) is 7.30. The number of aryl methyl sites for hydroxylation is 1. The van der Waals surface area contributed by atoms with Crippen LogP contribution in [-0.4, -0.2) is 30.8 Å². The molecule has 1 N–H and O–H groups in total. The van der Waals surface area contributed by atoms with Crippen LogP contribution in [-0.2, 0) is 14.6 Å². The maximum atomic E-state index is 11.5. The molecule has 16 heavy (non-hydrogen) atoms. The lowest BCUT2D eigenvalue weighted by Crippen LogP contribution is -2.32. The van der Waals surface area contributed by atoms with Crippen LogP contribution >= 0.6 is 0 Å². The molecule has 1 aromatic heterocycles. The summed E-state index contributed by atoms with van der Waals surface area (Å²) in [7, 11) is -3.37. The summed E-state index contributed by atoms with van der Waals surface area (Å²) in [6, 6.07) is 5.14. The van der Waals surface area contributed by atoms with Crippen molar-refractivity contribution in [2.45, 2.75) is 19.1 Å². The van der Waals surface area contributed by atoms with E-state index in [2.05, 4.69) is 10.3 Å². The molecule has 0 radical (unpaired) electrons. The van der Waals surface area contributed by atoms with Gasteiger partial charge in [0.2, 0.25) is 5.91 Å². The van der Waals surface area contributed by atoms with Gasteiger partial charge in [0.15, 0.2) is 9.84 Å². The number of pyridine rings is 1. The van der Waals surface area contributed by atoms with Crippen LogP contribution in [0, 0.1) is 6.92 Å². The summed E-state index contributed by atoms with van der Waals surface area (Å²) >= 11 is 0. The lowest BCUT2D eigenvalue weighted by atomic mass is 10.3. The Morgan fingerprint density at radius 1 is 1.44 bits per heavy atom. The van der Waals surface area contributed by atoms with Crippen LogP contribution in [0.15, 0.2) is 18.2 Å². The molecule has 0 aromatic carbocycles. The lowest BCUT2D eigenvalue weighted by Gasteiger charge is -2.09. The molecule has 0 fully saturated rings. The predicted molar refractivity (Wildman–Crippen MR) is 61.9 cm³/mol. The van der Waals surface area contributed by atoms with E-state index in [0.29, 0.717) is 5.82 Å². The number of rotatable bonds is 3. The molecule has 88 valence electrons. The fraction of sp³-hybridized carbons (Fsp3) is 0.400. The van der Waals surface area contributed by atoms with Crippen molar-refractivity contribution in [3.8, 4) is 0 Å². The van der Waals surface area contributed by atoms with Crippen molar-refractivity contribution in [3.05, 3.63) is 23.9 Å². The zero-order chi connectivity index (χ0) is 12.3. The summed E-state index contributed by atoms with van der Waals surface area (Å²) in [4.78, 5) is 15.6. The Kier molecular flexibility index (Phi) is 3.64. The Bertz CT molecular complexity index is 497. The number of sulfone groups is 1. The predicted octanol–water partition coefficient (Wildman–Crippen LogP) is 0.762. The molecule has 0 aliphatic rings. The molecule has 0 saturated heterocycles. The van der Waals surface area contributed by atoms with Crippen molar-refractivity contribution < 1.29 is 13.2 Å². The van der Waals surface area contributed by atoms with Gasteiger partial charge in [0, 0.05) is 11.9 Å². The van der Waals surface area contributed by atoms with E-state index < -0.39 is 21.0 Å². The van der Waals surface area contributed by atoms with E-state index in [0.717, 1.165) is 11.9 Å². The number of carbonyl (C=O) groups is 1. The van der Waals surface area contributed by atoms with Gasteiger partial charge in [-0.15, -0.1) is 0 Å². The fourth-order valence-corrected chi connectivity index (χ4v) is 1.48. The molecule has 1 aromatic rings. The molecular weight excluding hydrogens is 228 g/mol. The van der Waals surface area contributed by atoms with Crippen molar-refractivity contribution in [3.63, 3.8) is 0 Å². The Balaban J connectivity index is 2.80. The van der Waals surface area contributed by atoms with Gasteiger partial charge in [-0.05, 0) is 26.0 Å². The topological polar surface area (TPSA) is 76.1 Å². The Morgan fingerprint density at radius 2 is 2.06 bits per heavy atom. The van der Waals surface area contributed by atoms with Gasteiger partial charge in [-0.2, -0.15) is 0 Å². The van der Waals surface area contributed by atoms with Gasteiger partial charge in [0.05, 0.1) is 0 Å². The van der Waals surface area contributed by atoms with Crippen molar-refractivity contribution in [2.75, 3.05) is 11.6 Å². The summed E-state index contributed by atoms with van der Waals surface area (Å²) in [5, 5.41) is 1.39. The summed E-state index contributed by atoms with van der Waals surface area (Å²) in [5.74, 6) is -0.207. The van der Waals surface area contributed by atoms with Crippen LogP contribution in [0.4, 0.5) is 5.82 Å². The second-order valence-electron chi connectivity index (χ2n) is 3.63. The molecule has 0 aliphatic carbocycles. The number of nitrogens with zero attached hydrogens (tertiary/aromatic N) is 1. The van der Waals surface area contributed by atoms with Gasteiger partial charge in [-0.1, -0.05) is 6.07 Å². The normalized spacial score (nSPS) is 13.2. The third kappa shape index (κ3) is 3.30. The highest BCUT2D eigenvalue weighted by molar-refractivity contribution is 7.92. The number of aromatic nitrogens is 1. The fourth-order valence-electron chi connectivity index (χ4n) is 1.03. The van der Waals surface area contributed by atoms with Crippen molar-refractivity contribution in [1.82, 2.24) is 4.98 Å². The second-order valence-corrected chi connectivity index (χ2v) is 5.99. The van der Waals surface area contributed by atoms with Crippen LogP contribution in [0.25, 0.3) is 0 Å².